The van der Waals surface area contributed by atoms with Gasteiger partial charge in [0.15, 0.2) is 0 Å². The van der Waals surface area contributed by atoms with Crippen LogP contribution in [0.1, 0.15) is 50.9 Å². The molecule has 1 aromatic rings. The van der Waals surface area contributed by atoms with Gasteiger partial charge in [0.2, 0.25) is 11.7 Å². The lowest BCUT2D eigenvalue weighted by Gasteiger charge is -2.30. The molecule has 21 heavy (non-hydrogen) atoms. The maximum absolute atomic E-state index is 5.77. The van der Waals surface area contributed by atoms with Crippen LogP contribution in [0.25, 0.3) is 0 Å². The molecule has 120 valence electrons. The first-order chi connectivity index (χ1) is 10.2. The quantitative estimate of drug-likeness (QED) is 0.788. The van der Waals surface area contributed by atoms with Crippen molar-refractivity contribution in [2.24, 2.45) is 11.7 Å². The van der Waals surface area contributed by atoms with Gasteiger partial charge in [-0.25, -0.2) is 0 Å². The van der Waals surface area contributed by atoms with Crippen molar-refractivity contribution in [2.75, 3.05) is 32.8 Å². The average molecular weight is 296 g/mol. The molecule has 0 aliphatic carbocycles. The normalized spacial score (nSPS) is 21.6. The molecular formula is C15H28N4O2. The van der Waals surface area contributed by atoms with E-state index in [0.29, 0.717) is 17.6 Å². The standard InChI is InChI=1S/C15H28N4O2/c1-3-8-19-9-10-20-13(11-19)15-17-14(21-18-15)5-4-12(2)6-7-16/h12-13H,3-11,16H2,1-2H3. The fourth-order valence-corrected chi connectivity index (χ4v) is 2.68. The minimum atomic E-state index is -0.0516. The molecular weight excluding hydrogens is 268 g/mol. The molecule has 2 heterocycles. The van der Waals surface area contributed by atoms with Crippen LogP contribution in [0, 0.1) is 5.92 Å². The molecule has 1 aliphatic rings. The van der Waals surface area contributed by atoms with Crippen molar-refractivity contribution >= 4 is 0 Å². The summed E-state index contributed by atoms with van der Waals surface area (Å²) in [4.78, 5) is 6.90. The Balaban J connectivity index is 1.84. The van der Waals surface area contributed by atoms with Crippen molar-refractivity contribution < 1.29 is 9.26 Å². The Kier molecular flexibility index (Phi) is 6.60. The van der Waals surface area contributed by atoms with Gasteiger partial charge in [0.05, 0.1) is 6.61 Å². The molecule has 1 aromatic heterocycles. The Morgan fingerprint density at radius 1 is 1.43 bits per heavy atom. The van der Waals surface area contributed by atoms with E-state index in [2.05, 4.69) is 28.9 Å². The predicted molar refractivity (Wildman–Crippen MR) is 80.9 cm³/mol. The first-order valence-corrected chi connectivity index (χ1v) is 8.09. The second-order valence-electron chi connectivity index (χ2n) is 5.93. The summed E-state index contributed by atoms with van der Waals surface area (Å²) in [5.41, 5.74) is 5.57. The molecule has 2 atom stereocenters. The summed E-state index contributed by atoms with van der Waals surface area (Å²) >= 11 is 0. The van der Waals surface area contributed by atoms with Crippen LogP contribution < -0.4 is 5.73 Å². The van der Waals surface area contributed by atoms with Crippen molar-refractivity contribution in [3.05, 3.63) is 11.7 Å². The Morgan fingerprint density at radius 3 is 3.05 bits per heavy atom. The van der Waals surface area contributed by atoms with Gasteiger partial charge in [-0.05, 0) is 38.3 Å². The van der Waals surface area contributed by atoms with E-state index in [1.807, 2.05) is 0 Å². The van der Waals surface area contributed by atoms with Gasteiger partial charge in [0.25, 0.3) is 0 Å². The Bertz CT molecular complexity index is 408. The summed E-state index contributed by atoms with van der Waals surface area (Å²) < 4.78 is 11.1. The van der Waals surface area contributed by atoms with Crippen molar-refractivity contribution in [3.63, 3.8) is 0 Å². The van der Waals surface area contributed by atoms with Crippen molar-refractivity contribution in [3.8, 4) is 0 Å². The van der Waals surface area contributed by atoms with E-state index in [0.717, 1.165) is 58.5 Å². The number of aryl methyl sites for hydroxylation is 1. The van der Waals surface area contributed by atoms with Crippen LogP contribution in [0.5, 0.6) is 0 Å². The van der Waals surface area contributed by atoms with Crippen LogP contribution in [-0.4, -0.2) is 47.8 Å². The fraction of sp³-hybridized carbons (Fsp3) is 0.867. The summed E-state index contributed by atoms with van der Waals surface area (Å²) in [6.07, 6.45) is 4.00. The highest BCUT2D eigenvalue weighted by atomic mass is 16.5. The summed E-state index contributed by atoms with van der Waals surface area (Å²) in [7, 11) is 0. The Hall–Kier alpha value is -0.980. The Morgan fingerprint density at radius 2 is 2.29 bits per heavy atom. The third-order valence-corrected chi connectivity index (χ3v) is 3.97. The SMILES string of the molecule is CCCN1CCOC(c2noc(CCC(C)CCN)n2)C1. The van der Waals surface area contributed by atoms with Crippen LogP contribution in [-0.2, 0) is 11.2 Å². The maximum atomic E-state index is 5.77. The lowest BCUT2D eigenvalue weighted by molar-refractivity contribution is -0.0350. The zero-order valence-electron chi connectivity index (χ0n) is 13.3. The second kappa shape index (κ2) is 8.46. The number of hydrogen-bond acceptors (Lipinski definition) is 6. The summed E-state index contributed by atoms with van der Waals surface area (Å²) in [6, 6.07) is 0. The molecule has 0 bridgehead atoms. The third kappa shape index (κ3) is 5.05. The van der Waals surface area contributed by atoms with Gasteiger partial charge >= 0.3 is 0 Å². The lowest BCUT2D eigenvalue weighted by atomic mass is 10.0. The minimum Gasteiger partial charge on any atom is -0.367 e. The first kappa shape index (κ1) is 16.4. The molecule has 0 spiro atoms. The van der Waals surface area contributed by atoms with Crippen LogP contribution in [0.4, 0.5) is 0 Å². The van der Waals surface area contributed by atoms with Crippen LogP contribution in [0.2, 0.25) is 0 Å². The van der Waals surface area contributed by atoms with Gasteiger partial charge in [-0.2, -0.15) is 4.98 Å². The third-order valence-electron chi connectivity index (χ3n) is 3.97. The molecule has 1 saturated heterocycles. The van der Waals surface area contributed by atoms with E-state index < -0.39 is 0 Å². The van der Waals surface area contributed by atoms with Crippen molar-refractivity contribution in [1.82, 2.24) is 15.0 Å². The number of hydrogen-bond donors (Lipinski definition) is 1. The smallest absolute Gasteiger partial charge is 0.226 e. The second-order valence-corrected chi connectivity index (χ2v) is 5.93. The van der Waals surface area contributed by atoms with Crippen LogP contribution >= 0.6 is 0 Å². The fourth-order valence-electron chi connectivity index (χ4n) is 2.68. The Labute approximate surface area is 127 Å². The molecule has 6 nitrogen and oxygen atoms in total. The van der Waals surface area contributed by atoms with Crippen molar-refractivity contribution in [2.45, 2.75) is 45.6 Å². The summed E-state index contributed by atoms with van der Waals surface area (Å²) in [6.45, 7) is 8.82. The monoisotopic (exact) mass is 296 g/mol. The number of rotatable bonds is 8. The summed E-state index contributed by atoms with van der Waals surface area (Å²) in [5, 5.41) is 4.10. The number of aromatic nitrogens is 2. The number of nitrogens with two attached hydrogens (primary N) is 1. The van der Waals surface area contributed by atoms with E-state index in [9.17, 15) is 0 Å². The highest BCUT2D eigenvalue weighted by molar-refractivity contribution is 4.94. The first-order valence-electron chi connectivity index (χ1n) is 8.09. The van der Waals surface area contributed by atoms with Gasteiger partial charge in [-0.1, -0.05) is 19.0 Å². The molecule has 2 rings (SSSR count). The van der Waals surface area contributed by atoms with Gasteiger partial charge in [-0.3, -0.25) is 4.90 Å². The zero-order chi connectivity index (χ0) is 15.1. The zero-order valence-corrected chi connectivity index (χ0v) is 13.3. The number of ether oxygens (including phenoxy) is 1. The molecule has 0 aromatic carbocycles. The topological polar surface area (TPSA) is 77.4 Å². The van der Waals surface area contributed by atoms with Gasteiger partial charge in [-0.15, -0.1) is 0 Å². The van der Waals surface area contributed by atoms with E-state index in [1.165, 1.54) is 0 Å². The molecule has 1 aliphatic heterocycles. The molecule has 6 heteroatoms. The van der Waals surface area contributed by atoms with E-state index in [4.69, 9.17) is 15.0 Å². The molecule has 1 fully saturated rings. The molecule has 2 unspecified atom stereocenters. The van der Waals surface area contributed by atoms with E-state index in [1.54, 1.807) is 0 Å². The van der Waals surface area contributed by atoms with Crippen molar-refractivity contribution in [1.29, 1.82) is 0 Å². The number of nitrogens with zero attached hydrogens (tertiary/aromatic N) is 3. The molecule has 2 N–H and O–H groups in total. The highest BCUT2D eigenvalue weighted by Crippen LogP contribution is 2.20. The number of morpholine rings is 1. The average Bonchev–Trinajstić information content (AvgIpc) is 2.95. The lowest BCUT2D eigenvalue weighted by Crippen LogP contribution is -2.39. The molecule has 0 radical (unpaired) electrons. The largest absolute Gasteiger partial charge is 0.367 e. The van der Waals surface area contributed by atoms with Gasteiger partial charge < -0.3 is 15.0 Å². The molecule has 0 amide bonds. The van der Waals surface area contributed by atoms with E-state index in [-0.39, 0.29) is 6.10 Å². The highest BCUT2D eigenvalue weighted by Gasteiger charge is 2.25. The predicted octanol–water partition coefficient (Wildman–Crippen LogP) is 1.77. The van der Waals surface area contributed by atoms with Crippen LogP contribution in [0.3, 0.4) is 0 Å². The van der Waals surface area contributed by atoms with Gasteiger partial charge in [0.1, 0.15) is 6.10 Å². The molecule has 0 saturated carbocycles. The minimum absolute atomic E-state index is 0.0516. The van der Waals surface area contributed by atoms with Crippen LogP contribution in [0.15, 0.2) is 4.52 Å². The maximum Gasteiger partial charge on any atom is 0.226 e. The van der Waals surface area contributed by atoms with E-state index >= 15 is 0 Å². The summed E-state index contributed by atoms with van der Waals surface area (Å²) in [5.74, 6) is 2.00. The van der Waals surface area contributed by atoms with Gasteiger partial charge in [0, 0.05) is 19.5 Å².